The van der Waals surface area contributed by atoms with Crippen LogP contribution in [0.4, 0.5) is 15.9 Å². The Bertz CT molecular complexity index is 1280. The number of benzene rings is 2. The molecule has 10 heteroatoms. The summed E-state index contributed by atoms with van der Waals surface area (Å²) in [5, 5.41) is 11.5. The van der Waals surface area contributed by atoms with E-state index in [-0.39, 0.29) is 16.1 Å². The number of carbonyl (C=O) groups is 1. The number of amides is 1. The number of H-pyrrole nitrogens is 1. The van der Waals surface area contributed by atoms with Gasteiger partial charge in [-0.3, -0.25) is 14.6 Å². The zero-order valence-corrected chi connectivity index (χ0v) is 16.9. The molecule has 1 amide bonds. The average Bonchev–Trinajstić information content (AvgIpc) is 3.41. The van der Waals surface area contributed by atoms with E-state index in [4.69, 9.17) is 0 Å². The summed E-state index contributed by atoms with van der Waals surface area (Å²) in [5.74, 6) is -0.774. The molecule has 0 aliphatic heterocycles. The number of aromatic nitrogens is 2. The maximum atomic E-state index is 13.7. The highest BCUT2D eigenvalue weighted by Gasteiger charge is 2.17. The molecule has 7 nitrogen and oxygen atoms in total. The highest BCUT2D eigenvalue weighted by atomic mass is 32.2. The van der Waals surface area contributed by atoms with E-state index in [0.717, 1.165) is 16.6 Å². The van der Waals surface area contributed by atoms with E-state index >= 15 is 0 Å². The average molecular weight is 442 g/mol. The minimum atomic E-state index is -4.00. The summed E-state index contributed by atoms with van der Waals surface area (Å²) >= 11 is 1.54. The fourth-order valence-corrected chi connectivity index (χ4v) is 4.43. The second kappa shape index (κ2) is 8.09. The van der Waals surface area contributed by atoms with E-state index in [1.54, 1.807) is 6.07 Å². The molecule has 4 aromatic rings. The van der Waals surface area contributed by atoms with Crippen molar-refractivity contribution in [2.24, 2.45) is 0 Å². The molecule has 4 rings (SSSR count). The maximum Gasteiger partial charge on any atom is 0.261 e. The van der Waals surface area contributed by atoms with E-state index < -0.39 is 21.7 Å². The number of carbonyl (C=O) groups excluding carboxylic acids is 1. The third-order valence-corrected chi connectivity index (χ3v) is 6.44. The topological polar surface area (TPSA) is 104 Å². The van der Waals surface area contributed by atoms with Crippen LogP contribution in [0.25, 0.3) is 10.6 Å². The molecule has 0 aliphatic rings. The monoisotopic (exact) mass is 442 g/mol. The van der Waals surface area contributed by atoms with E-state index in [0.29, 0.717) is 5.82 Å². The van der Waals surface area contributed by atoms with Gasteiger partial charge in [0, 0.05) is 11.6 Å². The number of hydrogen-bond acceptors (Lipinski definition) is 5. The molecule has 0 bridgehead atoms. The van der Waals surface area contributed by atoms with Gasteiger partial charge in [-0.1, -0.05) is 18.2 Å². The molecule has 0 saturated carbocycles. The van der Waals surface area contributed by atoms with E-state index in [1.165, 1.54) is 53.8 Å². The van der Waals surface area contributed by atoms with Crippen molar-refractivity contribution in [1.82, 2.24) is 10.2 Å². The van der Waals surface area contributed by atoms with Gasteiger partial charge < -0.3 is 5.32 Å². The largest absolute Gasteiger partial charge is 0.305 e. The van der Waals surface area contributed by atoms with Crippen molar-refractivity contribution >= 4 is 38.8 Å². The molecule has 30 heavy (non-hydrogen) atoms. The number of halogens is 1. The van der Waals surface area contributed by atoms with E-state index in [2.05, 4.69) is 20.2 Å². The first kappa shape index (κ1) is 19.8. The lowest BCUT2D eigenvalue weighted by molar-refractivity contribution is 0.102. The first-order chi connectivity index (χ1) is 14.4. The second-order valence-corrected chi connectivity index (χ2v) is 8.84. The second-order valence-electron chi connectivity index (χ2n) is 6.21. The highest BCUT2D eigenvalue weighted by molar-refractivity contribution is 7.92. The van der Waals surface area contributed by atoms with Gasteiger partial charge in [-0.15, -0.1) is 11.3 Å². The van der Waals surface area contributed by atoms with Crippen LogP contribution in [0.3, 0.4) is 0 Å². The van der Waals surface area contributed by atoms with Crippen LogP contribution in [-0.2, 0) is 10.0 Å². The predicted molar refractivity (Wildman–Crippen MR) is 114 cm³/mol. The summed E-state index contributed by atoms with van der Waals surface area (Å²) < 4.78 is 40.8. The Labute approximate surface area is 175 Å². The van der Waals surface area contributed by atoms with Crippen molar-refractivity contribution in [1.29, 1.82) is 0 Å². The van der Waals surface area contributed by atoms with Crippen LogP contribution in [0, 0.1) is 5.82 Å². The Kier molecular flexibility index (Phi) is 5.34. The molecule has 2 aromatic carbocycles. The zero-order valence-electron chi connectivity index (χ0n) is 15.3. The van der Waals surface area contributed by atoms with Gasteiger partial charge in [0.15, 0.2) is 5.82 Å². The number of aromatic amines is 1. The van der Waals surface area contributed by atoms with Gasteiger partial charge in [-0.05, 0) is 47.8 Å². The lowest BCUT2D eigenvalue weighted by Gasteiger charge is -2.09. The third-order valence-electron chi connectivity index (χ3n) is 4.15. The van der Waals surface area contributed by atoms with Crippen molar-refractivity contribution in [2.75, 3.05) is 10.0 Å². The zero-order chi connectivity index (χ0) is 21.1. The van der Waals surface area contributed by atoms with Gasteiger partial charge in [0.2, 0.25) is 0 Å². The highest BCUT2D eigenvalue weighted by Crippen LogP contribution is 2.25. The van der Waals surface area contributed by atoms with Crippen LogP contribution in [-0.4, -0.2) is 24.5 Å². The Morgan fingerprint density at radius 1 is 1.03 bits per heavy atom. The maximum absolute atomic E-state index is 13.7. The van der Waals surface area contributed by atoms with Gasteiger partial charge in [-0.25, -0.2) is 12.8 Å². The van der Waals surface area contributed by atoms with Crippen LogP contribution in [0.2, 0.25) is 0 Å². The summed E-state index contributed by atoms with van der Waals surface area (Å²) in [5.41, 5.74) is 0.876. The van der Waals surface area contributed by atoms with Gasteiger partial charge in [0.25, 0.3) is 15.9 Å². The van der Waals surface area contributed by atoms with Crippen LogP contribution in [0.1, 0.15) is 10.4 Å². The molecule has 0 spiro atoms. The molecule has 0 aliphatic carbocycles. The summed E-state index contributed by atoms with van der Waals surface area (Å²) in [6.45, 7) is 0. The molecular weight excluding hydrogens is 427 g/mol. The standard InChI is InChI=1S/C20H15FN4O3S2/c21-15-4-1-2-5-16(15)25-30(27,28)14-9-7-13(8-10-14)20(26)22-19-12-17(23-24-19)18-6-3-11-29-18/h1-12,25H,(H2,22,23,24,26). The fourth-order valence-electron chi connectivity index (χ4n) is 2.67. The quantitative estimate of drug-likeness (QED) is 0.413. The number of para-hydroxylation sites is 1. The molecule has 152 valence electrons. The van der Waals surface area contributed by atoms with Gasteiger partial charge in [0.1, 0.15) is 5.82 Å². The third kappa shape index (κ3) is 4.24. The van der Waals surface area contributed by atoms with Gasteiger partial charge >= 0.3 is 0 Å². The Morgan fingerprint density at radius 3 is 2.50 bits per heavy atom. The SMILES string of the molecule is O=C(Nc1cc(-c2cccs2)[nH]n1)c1ccc(S(=O)(=O)Nc2ccccc2F)cc1. The molecule has 3 N–H and O–H groups in total. The lowest BCUT2D eigenvalue weighted by atomic mass is 10.2. The Balaban J connectivity index is 1.46. The van der Waals surface area contributed by atoms with E-state index in [1.807, 2.05) is 17.5 Å². The molecule has 0 radical (unpaired) electrons. The van der Waals surface area contributed by atoms with Crippen molar-refractivity contribution in [2.45, 2.75) is 4.90 Å². The van der Waals surface area contributed by atoms with Crippen molar-refractivity contribution < 1.29 is 17.6 Å². The first-order valence-corrected chi connectivity index (χ1v) is 11.1. The summed E-state index contributed by atoms with van der Waals surface area (Å²) in [6.07, 6.45) is 0. The van der Waals surface area contributed by atoms with Crippen LogP contribution >= 0.6 is 11.3 Å². The fraction of sp³-hybridized carbons (Fsp3) is 0. The number of nitrogens with zero attached hydrogens (tertiary/aromatic N) is 1. The number of rotatable bonds is 6. The molecule has 0 unspecified atom stereocenters. The van der Waals surface area contributed by atoms with Gasteiger partial charge in [0.05, 0.1) is 21.2 Å². The molecule has 0 atom stereocenters. The number of nitrogens with one attached hydrogen (secondary N) is 3. The number of sulfonamides is 1. The minimum absolute atomic E-state index is 0.0953. The molecule has 2 aromatic heterocycles. The lowest BCUT2D eigenvalue weighted by Crippen LogP contribution is -2.15. The summed E-state index contributed by atoms with van der Waals surface area (Å²) in [7, 11) is -4.00. The molecule has 2 heterocycles. The molecular formula is C20H15FN4O3S2. The number of thiophene rings is 1. The molecule has 0 saturated heterocycles. The number of hydrogen-bond donors (Lipinski definition) is 3. The Hall–Kier alpha value is -3.50. The summed E-state index contributed by atoms with van der Waals surface area (Å²) in [4.78, 5) is 13.3. The predicted octanol–water partition coefficient (Wildman–Crippen LogP) is 4.33. The number of anilines is 2. The van der Waals surface area contributed by atoms with Crippen LogP contribution in [0.15, 0.2) is 77.0 Å². The van der Waals surface area contributed by atoms with Crippen LogP contribution < -0.4 is 10.0 Å². The Morgan fingerprint density at radius 2 is 1.80 bits per heavy atom. The van der Waals surface area contributed by atoms with Gasteiger partial charge in [-0.2, -0.15) is 5.10 Å². The minimum Gasteiger partial charge on any atom is -0.305 e. The van der Waals surface area contributed by atoms with Crippen molar-refractivity contribution in [3.05, 3.63) is 83.5 Å². The first-order valence-electron chi connectivity index (χ1n) is 8.70. The summed E-state index contributed by atoms with van der Waals surface area (Å²) in [6, 6.07) is 16.3. The smallest absolute Gasteiger partial charge is 0.261 e. The van der Waals surface area contributed by atoms with Crippen molar-refractivity contribution in [3.8, 4) is 10.6 Å². The van der Waals surface area contributed by atoms with E-state index in [9.17, 15) is 17.6 Å². The normalized spacial score (nSPS) is 11.2. The van der Waals surface area contributed by atoms with Crippen LogP contribution in [0.5, 0.6) is 0 Å². The van der Waals surface area contributed by atoms with Crippen molar-refractivity contribution in [3.63, 3.8) is 0 Å². The molecule has 0 fully saturated rings.